The van der Waals surface area contributed by atoms with Crippen molar-refractivity contribution in [1.82, 2.24) is 0 Å². The zero-order chi connectivity index (χ0) is 11.3. The fourth-order valence-corrected chi connectivity index (χ4v) is 2.99. The summed E-state index contributed by atoms with van der Waals surface area (Å²) in [5, 5.41) is 1.25. The van der Waals surface area contributed by atoms with Gasteiger partial charge in [0.15, 0.2) is 0 Å². The van der Waals surface area contributed by atoms with E-state index in [1.807, 2.05) is 0 Å². The van der Waals surface area contributed by atoms with E-state index < -0.39 is 0 Å². The number of fused-ring (bicyclic) bond motifs is 1. The minimum atomic E-state index is 0.492. The molecule has 2 nitrogen and oxygen atoms in total. The van der Waals surface area contributed by atoms with Crippen molar-refractivity contribution in [2.75, 3.05) is 0 Å². The van der Waals surface area contributed by atoms with Gasteiger partial charge in [0, 0.05) is 10.9 Å². The lowest BCUT2D eigenvalue weighted by Crippen LogP contribution is -1.97. The Morgan fingerprint density at radius 1 is 1.44 bits per heavy atom. The molecule has 0 radical (unpaired) electrons. The minimum Gasteiger partial charge on any atom is -0.458 e. The van der Waals surface area contributed by atoms with E-state index in [-0.39, 0.29) is 0 Å². The van der Waals surface area contributed by atoms with Crippen molar-refractivity contribution >= 4 is 26.9 Å². The molecule has 0 unspecified atom stereocenters. The molecule has 3 rings (SSSR count). The first-order valence-electron chi connectivity index (χ1n) is 5.62. The summed E-state index contributed by atoms with van der Waals surface area (Å²) in [5.74, 6) is 1.64. The molecule has 0 aliphatic heterocycles. The van der Waals surface area contributed by atoms with Gasteiger partial charge in [-0.2, -0.15) is 0 Å². The van der Waals surface area contributed by atoms with Crippen LogP contribution < -0.4 is 5.73 Å². The van der Waals surface area contributed by atoms with Gasteiger partial charge in [-0.3, -0.25) is 0 Å². The van der Waals surface area contributed by atoms with E-state index in [0.717, 1.165) is 15.8 Å². The molecule has 1 heterocycles. The Hall–Kier alpha value is -0.800. The molecule has 1 saturated carbocycles. The van der Waals surface area contributed by atoms with E-state index in [0.29, 0.717) is 12.5 Å². The molecule has 0 amide bonds. The van der Waals surface area contributed by atoms with Gasteiger partial charge in [0.1, 0.15) is 11.3 Å². The first-order valence-corrected chi connectivity index (χ1v) is 6.41. The Kier molecular flexibility index (Phi) is 2.33. The maximum atomic E-state index is 5.86. The second kappa shape index (κ2) is 3.60. The Labute approximate surface area is 103 Å². The first kappa shape index (κ1) is 10.4. The number of halogens is 1. The van der Waals surface area contributed by atoms with Gasteiger partial charge in [-0.25, -0.2) is 0 Å². The topological polar surface area (TPSA) is 39.2 Å². The molecule has 0 bridgehead atoms. The number of nitrogens with two attached hydrogens (primary N) is 1. The second-order valence-corrected chi connectivity index (χ2v) is 5.40. The predicted molar refractivity (Wildman–Crippen MR) is 68.5 cm³/mol. The lowest BCUT2D eigenvalue weighted by atomic mass is 10.0. The van der Waals surface area contributed by atoms with Crippen molar-refractivity contribution in [3.05, 3.63) is 33.5 Å². The summed E-state index contributed by atoms with van der Waals surface area (Å²) < 4.78 is 6.90. The van der Waals surface area contributed by atoms with E-state index in [1.165, 1.54) is 29.4 Å². The van der Waals surface area contributed by atoms with E-state index in [2.05, 4.69) is 35.0 Å². The van der Waals surface area contributed by atoms with Crippen molar-refractivity contribution in [2.45, 2.75) is 32.2 Å². The number of hydrogen-bond acceptors (Lipinski definition) is 2. The summed E-state index contributed by atoms with van der Waals surface area (Å²) in [6.45, 7) is 2.60. The summed E-state index contributed by atoms with van der Waals surface area (Å²) in [5.41, 5.74) is 9.32. The molecule has 0 atom stereocenters. The average Bonchev–Trinajstić information content (AvgIpc) is 3.00. The Morgan fingerprint density at radius 2 is 2.19 bits per heavy atom. The van der Waals surface area contributed by atoms with Gasteiger partial charge < -0.3 is 10.2 Å². The van der Waals surface area contributed by atoms with Crippen molar-refractivity contribution in [1.29, 1.82) is 0 Å². The molecule has 1 fully saturated rings. The molecule has 1 aliphatic rings. The van der Waals surface area contributed by atoms with Crippen LogP contribution in [0.4, 0.5) is 0 Å². The van der Waals surface area contributed by atoms with Crippen LogP contribution in [0, 0.1) is 6.92 Å². The predicted octanol–water partition coefficient (Wildman–Crippen LogP) is 3.84. The third kappa shape index (κ3) is 1.50. The second-order valence-electron chi connectivity index (χ2n) is 4.54. The van der Waals surface area contributed by atoms with Gasteiger partial charge in [-0.1, -0.05) is 0 Å². The van der Waals surface area contributed by atoms with Crippen LogP contribution in [0.5, 0.6) is 0 Å². The van der Waals surface area contributed by atoms with E-state index in [4.69, 9.17) is 10.2 Å². The smallest absolute Gasteiger partial charge is 0.148 e. The lowest BCUT2D eigenvalue weighted by molar-refractivity contribution is 0.544. The van der Waals surface area contributed by atoms with Crippen LogP contribution in [0.2, 0.25) is 0 Å². The van der Waals surface area contributed by atoms with E-state index >= 15 is 0 Å². The van der Waals surface area contributed by atoms with Crippen molar-refractivity contribution in [2.24, 2.45) is 5.73 Å². The molecule has 0 spiro atoms. The summed E-state index contributed by atoms with van der Waals surface area (Å²) in [6, 6.07) is 4.29. The highest BCUT2D eigenvalue weighted by atomic mass is 79.9. The maximum absolute atomic E-state index is 5.86. The van der Waals surface area contributed by atoms with Gasteiger partial charge in [-0.05, 0) is 59.3 Å². The lowest BCUT2D eigenvalue weighted by Gasteiger charge is -1.99. The monoisotopic (exact) mass is 279 g/mol. The van der Waals surface area contributed by atoms with Gasteiger partial charge in [-0.15, -0.1) is 0 Å². The molecule has 2 N–H and O–H groups in total. The van der Waals surface area contributed by atoms with Gasteiger partial charge in [0.25, 0.3) is 0 Å². The van der Waals surface area contributed by atoms with E-state index in [9.17, 15) is 0 Å². The molecule has 2 aromatic rings. The fraction of sp³-hybridized carbons (Fsp3) is 0.385. The highest BCUT2D eigenvalue weighted by molar-refractivity contribution is 9.10. The third-order valence-corrected chi connectivity index (χ3v) is 3.76. The SMILES string of the molecule is Cc1cc(Br)c2oc(CN)c(C3CC3)c2c1. The quantitative estimate of drug-likeness (QED) is 0.907. The van der Waals surface area contributed by atoms with Crippen LogP contribution in [0.15, 0.2) is 21.0 Å². The zero-order valence-corrected chi connectivity index (χ0v) is 10.8. The third-order valence-electron chi connectivity index (χ3n) is 3.17. The van der Waals surface area contributed by atoms with Gasteiger partial charge >= 0.3 is 0 Å². The fourth-order valence-electron chi connectivity index (χ4n) is 2.33. The first-order chi connectivity index (χ1) is 7.70. The van der Waals surface area contributed by atoms with Crippen LogP contribution in [0.1, 0.15) is 35.6 Å². The number of hydrogen-bond donors (Lipinski definition) is 1. The molecule has 3 heteroatoms. The van der Waals surface area contributed by atoms with Gasteiger partial charge in [0.05, 0.1) is 11.0 Å². The number of furan rings is 1. The largest absolute Gasteiger partial charge is 0.458 e. The number of benzene rings is 1. The Balaban J connectivity index is 2.35. The molecule has 1 aromatic carbocycles. The average molecular weight is 280 g/mol. The van der Waals surface area contributed by atoms with Crippen LogP contribution in [0.3, 0.4) is 0 Å². The summed E-state index contributed by atoms with van der Waals surface area (Å²) in [7, 11) is 0. The number of aryl methyl sites for hydroxylation is 1. The summed E-state index contributed by atoms with van der Waals surface area (Å²) >= 11 is 3.56. The molecular weight excluding hydrogens is 266 g/mol. The van der Waals surface area contributed by atoms with Crippen molar-refractivity contribution in [3.63, 3.8) is 0 Å². The summed E-state index contributed by atoms with van der Waals surface area (Å²) in [6.07, 6.45) is 2.54. The number of rotatable bonds is 2. The maximum Gasteiger partial charge on any atom is 0.148 e. The highest BCUT2D eigenvalue weighted by Gasteiger charge is 2.30. The molecule has 1 aromatic heterocycles. The molecule has 1 aliphatic carbocycles. The van der Waals surface area contributed by atoms with Crippen LogP contribution in [-0.4, -0.2) is 0 Å². The minimum absolute atomic E-state index is 0.492. The standard InChI is InChI=1S/C13H14BrNO/c1-7-4-9-12(8-2-3-8)11(6-15)16-13(9)10(14)5-7/h4-5,8H,2-3,6,15H2,1H3. The normalized spacial score (nSPS) is 15.9. The molecule has 16 heavy (non-hydrogen) atoms. The van der Waals surface area contributed by atoms with Crippen molar-refractivity contribution < 1.29 is 4.42 Å². The van der Waals surface area contributed by atoms with Gasteiger partial charge in [0.2, 0.25) is 0 Å². The molecule has 84 valence electrons. The van der Waals surface area contributed by atoms with Crippen molar-refractivity contribution in [3.8, 4) is 0 Å². The highest BCUT2D eigenvalue weighted by Crippen LogP contribution is 2.47. The van der Waals surface area contributed by atoms with Crippen LogP contribution in [0.25, 0.3) is 11.0 Å². The Bertz CT molecular complexity index is 555. The van der Waals surface area contributed by atoms with Crippen LogP contribution in [-0.2, 0) is 6.54 Å². The zero-order valence-electron chi connectivity index (χ0n) is 9.22. The summed E-state index contributed by atoms with van der Waals surface area (Å²) in [4.78, 5) is 0. The molecular formula is C13H14BrNO. The molecule has 0 saturated heterocycles. The van der Waals surface area contributed by atoms with E-state index in [1.54, 1.807) is 0 Å². The van der Waals surface area contributed by atoms with Crippen LogP contribution >= 0.6 is 15.9 Å². The Morgan fingerprint density at radius 3 is 2.81 bits per heavy atom.